The number of hydrogen-bond donors (Lipinski definition) is 2. The van der Waals surface area contributed by atoms with Gasteiger partial charge in [-0.25, -0.2) is 0 Å². The molecule has 0 aliphatic rings. The molecule has 0 heterocycles. The second-order valence-corrected chi connectivity index (χ2v) is 6.11. The van der Waals surface area contributed by atoms with E-state index < -0.39 is 0 Å². The monoisotopic (exact) mass is 262 g/mol. The zero-order chi connectivity index (χ0) is 14.5. The van der Waals surface area contributed by atoms with E-state index >= 15 is 0 Å². The average Bonchev–Trinajstić information content (AvgIpc) is 2.27. The number of carbonyl (C=O) groups is 1. The fourth-order valence-electron chi connectivity index (χ4n) is 2.48. The first-order chi connectivity index (χ1) is 8.84. The fraction of sp³-hybridized carbons (Fsp3) is 0.562. The summed E-state index contributed by atoms with van der Waals surface area (Å²) in [5, 5.41) is 0. The van der Waals surface area contributed by atoms with Crippen LogP contribution in [-0.4, -0.2) is 5.91 Å². The molecular weight excluding hydrogens is 236 g/mol. The van der Waals surface area contributed by atoms with Crippen LogP contribution in [0.15, 0.2) is 24.3 Å². The van der Waals surface area contributed by atoms with Gasteiger partial charge in [0, 0.05) is 12.5 Å². The number of aryl methyl sites for hydroxylation is 1. The molecule has 106 valence electrons. The highest BCUT2D eigenvalue weighted by atomic mass is 16.1. The lowest BCUT2D eigenvalue weighted by atomic mass is 9.81. The molecule has 3 heteroatoms. The summed E-state index contributed by atoms with van der Waals surface area (Å²) in [7, 11) is 0. The summed E-state index contributed by atoms with van der Waals surface area (Å²) in [6, 6.07) is 8.41. The van der Waals surface area contributed by atoms with Gasteiger partial charge in [0.15, 0.2) is 0 Å². The van der Waals surface area contributed by atoms with Gasteiger partial charge in [-0.05, 0) is 29.4 Å². The lowest BCUT2D eigenvalue weighted by Gasteiger charge is -2.27. The molecule has 0 aromatic heterocycles. The third-order valence-corrected chi connectivity index (χ3v) is 3.37. The number of nitrogens with two attached hydrogens (primary N) is 2. The zero-order valence-electron chi connectivity index (χ0n) is 12.3. The molecule has 0 saturated heterocycles. The van der Waals surface area contributed by atoms with Crippen molar-refractivity contribution < 1.29 is 4.79 Å². The quantitative estimate of drug-likeness (QED) is 0.793. The molecule has 1 aromatic rings. The molecule has 3 nitrogen and oxygen atoms in total. The summed E-state index contributed by atoms with van der Waals surface area (Å²) in [5.41, 5.74) is 13.8. The Hall–Kier alpha value is -1.35. The molecule has 4 N–H and O–H groups in total. The van der Waals surface area contributed by atoms with E-state index in [1.807, 2.05) is 13.8 Å². The van der Waals surface area contributed by atoms with Crippen LogP contribution in [0.1, 0.15) is 57.2 Å². The van der Waals surface area contributed by atoms with Crippen molar-refractivity contribution in [3.63, 3.8) is 0 Å². The summed E-state index contributed by atoms with van der Waals surface area (Å²) in [5.74, 6) is -0.268. The Bertz CT molecular complexity index is 409. The number of primary amides is 1. The molecule has 1 aromatic carbocycles. The Morgan fingerprint density at radius 1 is 1.26 bits per heavy atom. The SMILES string of the molecule is CCCc1ccc(C(N)CC(C)(C)CC(N)=O)cc1. The summed E-state index contributed by atoms with van der Waals surface area (Å²) >= 11 is 0. The summed E-state index contributed by atoms with van der Waals surface area (Å²) < 4.78 is 0. The molecule has 19 heavy (non-hydrogen) atoms. The van der Waals surface area contributed by atoms with Crippen LogP contribution in [0.5, 0.6) is 0 Å². The molecule has 0 spiro atoms. The van der Waals surface area contributed by atoms with Gasteiger partial charge >= 0.3 is 0 Å². The average molecular weight is 262 g/mol. The van der Waals surface area contributed by atoms with Crippen molar-refractivity contribution >= 4 is 5.91 Å². The zero-order valence-corrected chi connectivity index (χ0v) is 12.3. The Morgan fingerprint density at radius 3 is 2.32 bits per heavy atom. The number of rotatable bonds is 7. The molecule has 0 saturated carbocycles. The Kier molecular flexibility index (Phi) is 5.55. The minimum Gasteiger partial charge on any atom is -0.370 e. The van der Waals surface area contributed by atoms with Gasteiger partial charge in [0.1, 0.15) is 0 Å². The van der Waals surface area contributed by atoms with Crippen molar-refractivity contribution in [1.29, 1.82) is 0 Å². The molecular formula is C16H26N2O. The summed E-state index contributed by atoms with van der Waals surface area (Å²) in [6.07, 6.45) is 3.37. The maximum Gasteiger partial charge on any atom is 0.217 e. The molecule has 1 unspecified atom stereocenters. The van der Waals surface area contributed by atoms with Crippen LogP contribution in [0, 0.1) is 5.41 Å². The molecule has 0 aliphatic carbocycles. The van der Waals surface area contributed by atoms with E-state index in [2.05, 4.69) is 31.2 Å². The van der Waals surface area contributed by atoms with Crippen LogP contribution in [0.2, 0.25) is 0 Å². The van der Waals surface area contributed by atoms with E-state index in [0.29, 0.717) is 6.42 Å². The summed E-state index contributed by atoms with van der Waals surface area (Å²) in [6.45, 7) is 6.23. The van der Waals surface area contributed by atoms with Crippen molar-refractivity contribution in [3.05, 3.63) is 35.4 Å². The maximum absolute atomic E-state index is 11.0. The van der Waals surface area contributed by atoms with Crippen molar-refractivity contribution in [3.8, 4) is 0 Å². The van der Waals surface area contributed by atoms with Gasteiger partial charge in [0.05, 0.1) is 0 Å². The topological polar surface area (TPSA) is 69.1 Å². The van der Waals surface area contributed by atoms with Gasteiger partial charge in [0.25, 0.3) is 0 Å². The predicted octanol–water partition coefficient (Wildman–Crippen LogP) is 2.93. The highest BCUT2D eigenvalue weighted by Crippen LogP contribution is 2.31. The van der Waals surface area contributed by atoms with E-state index in [0.717, 1.165) is 24.8 Å². The molecule has 1 amide bonds. The van der Waals surface area contributed by atoms with Crippen LogP contribution in [-0.2, 0) is 11.2 Å². The van der Waals surface area contributed by atoms with Gasteiger partial charge < -0.3 is 11.5 Å². The van der Waals surface area contributed by atoms with Crippen molar-refractivity contribution in [2.45, 2.75) is 52.5 Å². The first kappa shape index (κ1) is 15.7. The molecule has 0 aliphatic heterocycles. The van der Waals surface area contributed by atoms with Gasteiger partial charge in [-0.2, -0.15) is 0 Å². The minimum atomic E-state index is -0.268. The minimum absolute atomic E-state index is 0.0509. The van der Waals surface area contributed by atoms with Crippen LogP contribution in [0.3, 0.4) is 0 Å². The molecule has 0 bridgehead atoms. The van der Waals surface area contributed by atoms with Gasteiger partial charge in [-0.3, -0.25) is 4.79 Å². The normalized spacial score (nSPS) is 13.3. The maximum atomic E-state index is 11.0. The smallest absolute Gasteiger partial charge is 0.217 e. The van der Waals surface area contributed by atoms with Crippen LogP contribution in [0.4, 0.5) is 0 Å². The van der Waals surface area contributed by atoms with Crippen molar-refractivity contribution in [2.75, 3.05) is 0 Å². The second-order valence-electron chi connectivity index (χ2n) is 6.11. The van der Waals surface area contributed by atoms with Crippen LogP contribution < -0.4 is 11.5 Å². The van der Waals surface area contributed by atoms with E-state index in [9.17, 15) is 4.79 Å². The van der Waals surface area contributed by atoms with Crippen LogP contribution >= 0.6 is 0 Å². The number of carbonyl (C=O) groups excluding carboxylic acids is 1. The lowest BCUT2D eigenvalue weighted by Crippen LogP contribution is -2.27. The summed E-state index contributed by atoms with van der Waals surface area (Å²) in [4.78, 5) is 11.0. The van der Waals surface area contributed by atoms with Gasteiger partial charge in [0.2, 0.25) is 5.91 Å². The third-order valence-electron chi connectivity index (χ3n) is 3.37. The first-order valence-electron chi connectivity index (χ1n) is 6.97. The number of benzene rings is 1. The van der Waals surface area contributed by atoms with Gasteiger partial charge in [-0.15, -0.1) is 0 Å². The standard InChI is InChI=1S/C16H26N2O/c1-4-5-12-6-8-13(9-7-12)14(17)10-16(2,3)11-15(18)19/h6-9,14H,4-5,10-11,17H2,1-3H3,(H2,18,19). The number of hydrogen-bond acceptors (Lipinski definition) is 2. The van der Waals surface area contributed by atoms with E-state index in [4.69, 9.17) is 11.5 Å². The van der Waals surface area contributed by atoms with Crippen LogP contribution in [0.25, 0.3) is 0 Å². The Balaban J connectivity index is 2.66. The second kappa shape index (κ2) is 6.71. The van der Waals surface area contributed by atoms with Crippen molar-refractivity contribution in [2.24, 2.45) is 16.9 Å². The number of amides is 1. The van der Waals surface area contributed by atoms with E-state index in [1.165, 1.54) is 5.56 Å². The third kappa shape index (κ3) is 5.43. The molecule has 1 rings (SSSR count). The predicted molar refractivity (Wildman–Crippen MR) is 79.6 cm³/mol. The lowest BCUT2D eigenvalue weighted by molar-refractivity contribution is -0.120. The Morgan fingerprint density at radius 2 is 1.84 bits per heavy atom. The highest BCUT2D eigenvalue weighted by molar-refractivity contribution is 5.74. The van der Waals surface area contributed by atoms with E-state index in [-0.39, 0.29) is 17.4 Å². The molecule has 1 atom stereocenters. The highest BCUT2D eigenvalue weighted by Gasteiger charge is 2.24. The van der Waals surface area contributed by atoms with Crippen molar-refractivity contribution in [1.82, 2.24) is 0 Å². The van der Waals surface area contributed by atoms with E-state index in [1.54, 1.807) is 0 Å². The first-order valence-corrected chi connectivity index (χ1v) is 6.97. The van der Waals surface area contributed by atoms with Gasteiger partial charge in [-0.1, -0.05) is 51.5 Å². The fourth-order valence-corrected chi connectivity index (χ4v) is 2.48. The Labute approximate surface area is 116 Å². The largest absolute Gasteiger partial charge is 0.370 e. The molecule has 0 fully saturated rings. The molecule has 0 radical (unpaired) electrons.